The fourth-order valence-electron chi connectivity index (χ4n) is 4.80. The molecule has 1 amide bonds. The van der Waals surface area contributed by atoms with Crippen molar-refractivity contribution in [2.45, 2.75) is 51.1 Å². The molecular weight excluding hydrogens is 388 g/mol. The molecule has 2 aromatic carbocycles. The second-order valence-corrected chi connectivity index (χ2v) is 8.84. The SMILES string of the molecule is CCCCCOc1ccc(C=CC23NC(=O)CN2c2ccccc2C3(C)C)cc1OC. The molecule has 1 unspecified atom stereocenters. The summed E-state index contributed by atoms with van der Waals surface area (Å²) in [5.74, 6) is 1.52. The number of nitrogens with zero attached hydrogens (tertiary/aromatic N) is 1. The molecule has 2 heterocycles. The molecule has 2 aliphatic rings. The minimum absolute atomic E-state index is 0.0423. The first kappa shape index (κ1) is 21.3. The lowest BCUT2D eigenvalue weighted by molar-refractivity contribution is -0.118. The third-order valence-corrected chi connectivity index (χ3v) is 6.59. The third kappa shape index (κ3) is 3.56. The van der Waals surface area contributed by atoms with Crippen LogP contribution in [0.1, 0.15) is 51.2 Å². The van der Waals surface area contributed by atoms with Crippen molar-refractivity contribution in [1.82, 2.24) is 5.32 Å². The van der Waals surface area contributed by atoms with Crippen molar-refractivity contribution in [2.75, 3.05) is 25.2 Å². The van der Waals surface area contributed by atoms with Gasteiger partial charge in [-0.15, -0.1) is 0 Å². The highest BCUT2D eigenvalue weighted by atomic mass is 16.5. The van der Waals surface area contributed by atoms with Gasteiger partial charge < -0.3 is 19.7 Å². The van der Waals surface area contributed by atoms with Gasteiger partial charge in [0.25, 0.3) is 0 Å². The zero-order valence-electron chi connectivity index (χ0n) is 18.9. The van der Waals surface area contributed by atoms with E-state index < -0.39 is 5.66 Å². The topological polar surface area (TPSA) is 50.8 Å². The zero-order valence-corrected chi connectivity index (χ0v) is 18.9. The Balaban J connectivity index is 1.62. The van der Waals surface area contributed by atoms with Crippen LogP contribution in [0.3, 0.4) is 0 Å². The number of carbonyl (C=O) groups is 1. The summed E-state index contributed by atoms with van der Waals surface area (Å²) in [7, 11) is 1.66. The summed E-state index contributed by atoms with van der Waals surface area (Å²) in [6, 6.07) is 14.3. The summed E-state index contributed by atoms with van der Waals surface area (Å²) >= 11 is 0. The largest absolute Gasteiger partial charge is 0.493 e. The molecule has 1 fully saturated rings. The normalized spacial score (nSPS) is 21.2. The van der Waals surface area contributed by atoms with Crippen LogP contribution in [0.4, 0.5) is 5.69 Å². The fraction of sp³-hybridized carbons (Fsp3) is 0.423. The van der Waals surface area contributed by atoms with Crippen molar-refractivity contribution in [3.05, 3.63) is 59.7 Å². The van der Waals surface area contributed by atoms with E-state index in [0.29, 0.717) is 13.2 Å². The van der Waals surface area contributed by atoms with Gasteiger partial charge in [0.05, 0.1) is 20.3 Å². The van der Waals surface area contributed by atoms with Crippen LogP contribution in [0.25, 0.3) is 6.08 Å². The van der Waals surface area contributed by atoms with Gasteiger partial charge in [0.15, 0.2) is 11.5 Å². The van der Waals surface area contributed by atoms with Gasteiger partial charge in [0, 0.05) is 11.1 Å². The first-order valence-corrected chi connectivity index (χ1v) is 11.1. The summed E-state index contributed by atoms with van der Waals surface area (Å²) in [6.45, 7) is 7.61. The van der Waals surface area contributed by atoms with Crippen LogP contribution in [0.15, 0.2) is 48.5 Å². The Morgan fingerprint density at radius 1 is 1.13 bits per heavy atom. The average molecular weight is 421 g/mol. The van der Waals surface area contributed by atoms with Crippen LogP contribution in [-0.2, 0) is 10.2 Å². The lowest BCUT2D eigenvalue weighted by Gasteiger charge is -2.40. The van der Waals surface area contributed by atoms with Crippen LogP contribution < -0.4 is 19.7 Å². The molecular formula is C26H32N2O3. The molecule has 0 radical (unpaired) electrons. The Labute approximate surface area is 185 Å². The van der Waals surface area contributed by atoms with E-state index in [-0.39, 0.29) is 11.3 Å². The van der Waals surface area contributed by atoms with Crippen LogP contribution in [0.5, 0.6) is 11.5 Å². The van der Waals surface area contributed by atoms with E-state index in [1.165, 1.54) is 12.0 Å². The van der Waals surface area contributed by atoms with Crippen LogP contribution >= 0.6 is 0 Å². The minimum Gasteiger partial charge on any atom is -0.493 e. The van der Waals surface area contributed by atoms with E-state index in [4.69, 9.17) is 9.47 Å². The quantitative estimate of drug-likeness (QED) is 0.617. The number of rotatable bonds is 8. The van der Waals surface area contributed by atoms with E-state index in [0.717, 1.165) is 35.6 Å². The number of unbranched alkanes of at least 4 members (excludes halogenated alkanes) is 2. The smallest absolute Gasteiger partial charge is 0.241 e. The molecule has 0 saturated carbocycles. The Kier molecular flexibility index (Phi) is 5.69. The summed E-state index contributed by atoms with van der Waals surface area (Å²) in [5, 5.41) is 3.26. The van der Waals surface area contributed by atoms with Gasteiger partial charge >= 0.3 is 0 Å². The Morgan fingerprint density at radius 2 is 1.94 bits per heavy atom. The number of para-hydroxylation sites is 1. The minimum atomic E-state index is -0.601. The van der Waals surface area contributed by atoms with Crippen LogP contribution in [0, 0.1) is 0 Å². The third-order valence-electron chi connectivity index (χ3n) is 6.59. The summed E-state index contributed by atoms with van der Waals surface area (Å²) in [6.07, 6.45) is 7.55. The first-order chi connectivity index (χ1) is 14.9. The van der Waals surface area contributed by atoms with E-state index in [1.54, 1.807) is 7.11 Å². The molecule has 2 aromatic rings. The fourth-order valence-corrected chi connectivity index (χ4v) is 4.80. The molecule has 0 bridgehead atoms. The maximum absolute atomic E-state index is 12.4. The number of methoxy groups -OCH3 is 1. The molecule has 2 aliphatic heterocycles. The van der Waals surface area contributed by atoms with Gasteiger partial charge in [-0.2, -0.15) is 0 Å². The summed E-state index contributed by atoms with van der Waals surface area (Å²) in [4.78, 5) is 14.6. The number of hydrogen-bond acceptors (Lipinski definition) is 4. The highest BCUT2D eigenvalue weighted by Crippen LogP contribution is 2.52. The molecule has 1 saturated heterocycles. The van der Waals surface area contributed by atoms with E-state index in [2.05, 4.69) is 61.3 Å². The number of carbonyl (C=O) groups excluding carboxylic acids is 1. The number of ether oxygens (including phenoxy) is 2. The van der Waals surface area contributed by atoms with E-state index in [9.17, 15) is 4.79 Å². The standard InChI is InChI=1S/C26H32N2O3/c1-5-6-9-16-31-22-13-12-19(17-23(22)30-4)14-15-26-25(2,3)20-10-7-8-11-21(20)28(26)18-24(29)27-26/h7-8,10-15,17H,5-6,9,16,18H2,1-4H3,(H,27,29). The van der Waals surface area contributed by atoms with Gasteiger partial charge in [-0.3, -0.25) is 4.79 Å². The maximum Gasteiger partial charge on any atom is 0.241 e. The number of fused-ring (bicyclic) bond motifs is 3. The van der Waals surface area contributed by atoms with Crippen LogP contribution in [0.2, 0.25) is 0 Å². The number of hydrogen-bond donors (Lipinski definition) is 1. The zero-order chi connectivity index (χ0) is 22.1. The second kappa shape index (κ2) is 8.29. The lowest BCUT2D eigenvalue weighted by Crippen LogP contribution is -2.58. The van der Waals surface area contributed by atoms with Crippen LogP contribution in [-0.4, -0.2) is 31.8 Å². The van der Waals surface area contributed by atoms with E-state index in [1.807, 2.05) is 24.3 Å². The van der Waals surface area contributed by atoms with Crippen molar-refractivity contribution >= 4 is 17.7 Å². The average Bonchev–Trinajstić information content (AvgIpc) is 3.20. The molecule has 5 heteroatoms. The lowest BCUT2D eigenvalue weighted by atomic mass is 9.75. The molecule has 1 atom stereocenters. The number of amides is 1. The molecule has 1 N–H and O–H groups in total. The molecule has 0 aromatic heterocycles. The summed E-state index contributed by atoms with van der Waals surface area (Å²) in [5.41, 5.74) is 2.48. The Morgan fingerprint density at radius 3 is 2.71 bits per heavy atom. The highest BCUT2D eigenvalue weighted by molar-refractivity contribution is 5.91. The number of benzene rings is 2. The number of nitrogens with one attached hydrogen (secondary N) is 1. The van der Waals surface area contributed by atoms with E-state index >= 15 is 0 Å². The number of anilines is 1. The van der Waals surface area contributed by atoms with Crippen molar-refractivity contribution in [2.24, 2.45) is 0 Å². The molecule has 0 spiro atoms. The molecule has 5 nitrogen and oxygen atoms in total. The monoisotopic (exact) mass is 420 g/mol. The van der Waals surface area contributed by atoms with Crippen molar-refractivity contribution in [3.8, 4) is 11.5 Å². The van der Waals surface area contributed by atoms with Crippen molar-refractivity contribution in [1.29, 1.82) is 0 Å². The van der Waals surface area contributed by atoms with Crippen molar-refractivity contribution < 1.29 is 14.3 Å². The summed E-state index contributed by atoms with van der Waals surface area (Å²) < 4.78 is 11.5. The van der Waals surface area contributed by atoms with Crippen molar-refractivity contribution in [3.63, 3.8) is 0 Å². The van der Waals surface area contributed by atoms with Gasteiger partial charge in [-0.1, -0.05) is 64.0 Å². The second-order valence-electron chi connectivity index (χ2n) is 8.84. The maximum atomic E-state index is 12.4. The predicted molar refractivity (Wildman–Crippen MR) is 125 cm³/mol. The van der Waals surface area contributed by atoms with Gasteiger partial charge in [0.2, 0.25) is 5.91 Å². The molecule has 164 valence electrons. The molecule has 4 rings (SSSR count). The Hall–Kier alpha value is -2.95. The highest BCUT2D eigenvalue weighted by Gasteiger charge is 2.59. The first-order valence-electron chi connectivity index (χ1n) is 11.1. The Bertz CT molecular complexity index is 998. The van der Waals surface area contributed by atoms with Gasteiger partial charge in [0.1, 0.15) is 5.66 Å². The molecule has 31 heavy (non-hydrogen) atoms. The van der Waals surface area contributed by atoms with Gasteiger partial charge in [-0.25, -0.2) is 0 Å². The molecule has 0 aliphatic carbocycles. The predicted octanol–water partition coefficient (Wildman–Crippen LogP) is 4.90. The van der Waals surface area contributed by atoms with Gasteiger partial charge in [-0.05, 0) is 41.8 Å².